The van der Waals surface area contributed by atoms with E-state index in [4.69, 9.17) is 5.11 Å². The molecule has 0 radical (unpaired) electrons. The molecule has 0 unspecified atom stereocenters. The topological polar surface area (TPSA) is 122 Å². The van der Waals surface area contributed by atoms with Gasteiger partial charge in [-0.3, -0.25) is 14.9 Å². The van der Waals surface area contributed by atoms with Crippen LogP contribution in [0.3, 0.4) is 0 Å². The van der Waals surface area contributed by atoms with Gasteiger partial charge in [0.1, 0.15) is 5.70 Å². The second kappa shape index (κ2) is 7.41. The number of hydrogen-bond donors (Lipinski definition) is 2. The number of nitrogens with zero attached hydrogens (tertiary/aromatic N) is 2. The summed E-state index contributed by atoms with van der Waals surface area (Å²) in [5.74, 6) is -1.18. The van der Waals surface area contributed by atoms with Crippen molar-refractivity contribution < 1.29 is 24.4 Å². The average Bonchev–Trinajstić information content (AvgIpc) is 2.85. The standard InChI is InChI=1S/C14H14BrN3O6/c1-24-14(21)9-7-17(4-5-19)13(20)12(9)16-11-6-8(18(22)23)2-3-10(11)15/h2-3,6,16,19H,4-5,7H2,1H3. The molecule has 1 aliphatic heterocycles. The Morgan fingerprint density at radius 2 is 2.25 bits per heavy atom. The monoisotopic (exact) mass is 399 g/mol. The predicted molar refractivity (Wildman–Crippen MR) is 87.1 cm³/mol. The number of esters is 1. The lowest BCUT2D eigenvalue weighted by molar-refractivity contribution is -0.384. The lowest BCUT2D eigenvalue weighted by Gasteiger charge is -2.15. The highest BCUT2D eigenvalue weighted by atomic mass is 79.9. The van der Waals surface area contributed by atoms with Gasteiger partial charge in [-0.2, -0.15) is 0 Å². The molecule has 0 aliphatic carbocycles. The van der Waals surface area contributed by atoms with E-state index >= 15 is 0 Å². The number of rotatable bonds is 6. The molecular formula is C14H14BrN3O6. The minimum atomic E-state index is -0.687. The molecule has 1 aromatic carbocycles. The van der Waals surface area contributed by atoms with Crippen molar-refractivity contribution in [3.63, 3.8) is 0 Å². The van der Waals surface area contributed by atoms with Crippen LogP contribution in [0.25, 0.3) is 0 Å². The summed E-state index contributed by atoms with van der Waals surface area (Å²) in [6.07, 6.45) is 0. The van der Waals surface area contributed by atoms with E-state index in [1.165, 1.54) is 30.2 Å². The molecule has 0 saturated carbocycles. The molecule has 2 rings (SSSR count). The van der Waals surface area contributed by atoms with Gasteiger partial charge in [-0.1, -0.05) is 0 Å². The van der Waals surface area contributed by atoms with Crippen LogP contribution in [0.1, 0.15) is 0 Å². The summed E-state index contributed by atoms with van der Waals surface area (Å²) >= 11 is 3.24. The molecular weight excluding hydrogens is 386 g/mol. The Morgan fingerprint density at radius 3 is 2.83 bits per heavy atom. The zero-order valence-electron chi connectivity index (χ0n) is 12.6. The van der Waals surface area contributed by atoms with Gasteiger partial charge in [0.25, 0.3) is 11.6 Å². The fourth-order valence-corrected chi connectivity index (χ4v) is 2.55. The molecule has 1 amide bonds. The third-order valence-electron chi connectivity index (χ3n) is 3.37. The highest BCUT2D eigenvalue weighted by molar-refractivity contribution is 9.10. The Hall–Kier alpha value is -2.46. The van der Waals surface area contributed by atoms with Gasteiger partial charge in [0, 0.05) is 23.2 Å². The molecule has 0 aromatic heterocycles. The molecule has 1 heterocycles. The summed E-state index contributed by atoms with van der Waals surface area (Å²) in [5, 5.41) is 22.7. The van der Waals surface area contributed by atoms with Crippen molar-refractivity contribution in [1.82, 2.24) is 4.90 Å². The maximum atomic E-state index is 12.4. The Bertz CT molecular complexity index is 733. The SMILES string of the molecule is COC(=O)C1=C(Nc2cc([N+](=O)[O-])ccc2Br)C(=O)N(CCO)C1. The first kappa shape index (κ1) is 17.9. The molecule has 0 fully saturated rings. The van der Waals surface area contributed by atoms with Crippen LogP contribution < -0.4 is 5.32 Å². The second-order valence-electron chi connectivity index (χ2n) is 4.84. The highest BCUT2D eigenvalue weighted by Crippen LogP contribution is 2.30. The second-order valence-corrected chi connectivity index (χ2v) is 5.70. The lowest BCUT2D eigenvalue weighted by Crippen LogP contribution is -2.31. The molecule has 1 aromatic rings. The molecule has 0 atom stereocenters. The maximum absolute atomic E-state index is 12.4. The first-order chi connectivity index (χ1) is 11.4. The van der Waals surface area contributed by atoms with E-state index in [1.54, 1.807) is 0 Å². The number of hydrogen-bond acceptors (Lipinski definition) is 7. The Balaban J connectivity index is 2.40. The smallest absolute Gasteiger partial charge is 0.337 e. The summed E-state index contributed by atoms with van der Waals surface area (Å²) in [4.78, 5) is 35.9. The number of anilines is 1. The summed E-state index contributed by atoms with van der Waals surface area (Å²) in [6, 6.07) is 4.01. The van der Waals surface area contributed by atoms with Crippen LogP contribution in [0, 0.1) is 10.1 Å². The number of carbonyl (C=O) groups excluding carboxylic acids is 2. The van der Waals surface area contributed by atoms with Gasteiger partial charge >= 0.3 is 5.97 Å². The van der Waals surface area contributed by atoms with E-state index in [9.17, 15) is 19.7 Å². The fraction of sp³-hybridized carbons (Fsp3) is 0.286. The molecule has 0 spiro atoms. The number of nitro groups is 1. The van der Waals surface area contributed by atoms with E-state index in [0.717, 1.165) is 0 Å². The first-order valence-electron chi connectivity index (χ1n) is 6.81. The van der Waals surface area contributed by atoms with Crippen LogP contribution >= 0.6 is 15.9 Å². The zero-order valence-corrected chi connectivity index (χ0v) is 14.2. The number of non-ortho nitro benzene ring substituents is 1. The first-order valence-corrected chi connectivity index (χ1v) is 7.61. The van der Waals surface area contributed by atoms with Crippen molar-refractivity contribution in [3.8, 4) is 0 Å². The number of benzene rings is 1. The van der Waals surface area contributed by atoms with Gasteiger partial charge in [-0.25, -0.2) is 4.79 Å². The number of halogens is 1. The molecule has 2 N–H and O–H groups in total. The number of amides is 1. The van der Waals surface area contributed by atoms with Crippen molar-refractivity contribution in [2.75, 3.05) is 32.1 Å². The fourth-order valence-electron chi connectivity index (χ4n) is 2.21. The van der Waals surface area contributed by atoms with Gasteiger partial charge in [0.2, 0.25) is 0 Å². The number of aliphatic hydroxyl groups is 1. The molecule has 0 bridgehead atoms. The summed E-state index contributed by atoms with van der Waals surface area (Å²) in [6.45, 7) is -0.213. The van der Waals surface area contributed by atoms with Crippen LogP contribution in [-0.4, -0.2) is 53.6 Å². The van der Waals surface area contributed by atoms with Crippen LogP contribution in [0.15, 0.2) is 33.9 Å². The van der Waals surface area contributed by atoms with Crippen LogP contribution in [0.4, 0.5) is 11.4 Å². The number of aliphatic hydroxyl groups excluding tert-OH is 1. The van der Waals surface area contributed by atoms with Gasteiger partial charge in [-0.05, 0) is 22.0 Å². The van der Waals surface area contributed by atoms with Crippen molar-refractivity contribution >= 4 is 39.2 Å². The van der Waals surface area contributed by atoms with Gasteiger partial charge < -0.3 is 20.1 Å². The number of carbonyl (C=O) groups is 2. The third-order valence-corrected chi connectivity index (χ3v) is 4.07. The van der Waals surface area contributed by atoms with E-state index < -0.39 is 16.8 Å². The number of nitro benzene ring substituents is 1. The maximum Gasteiger partial charge on any atom is 0.337 e. The Kier molecular flexibility index (Phi) is 5.52. The Labute approximate surface area is 145 Å². The van der Waals surface area contributed by atoms with E-state index in [0.29, 0.717) is 4.47 Å². The van der Waals surface area contributed by atoms with Crippen molar-refractivity contribution in [2.24, 2.45) is 0 Å². The quantitative estimate of drug-likeness (QED) is 0.416. The van der Waals surface area contributed by atoms with E-state index in [1.807, 2.05) is 0 Å². The summed E-state index contributed by atoms with van der Waals surface area (Å²) in [7, 11) is 1.19. The van der Waals surface area contributed by atoms with Gasteiger partial charge in [-0.15, -0.1) is 0 Å². The van der Waals surface area contributed by atoms with Crippen molar-refractivity contribution in [3.05, 3.63) is 44.1 Å². The minimum Gasteiger partial charge on any atom is -0.466 e. The highest BCUT2D eigenvalue weighted by Gasteiger charge is 2.34. The van der Waals surface area contributed by atoms with Crippen molar-refractivity contribution in [1.29, 1.82) is 0 Å². The number of ether oxygens (including phenoxy) is 1. The number of β-amino-alcohol motifs (C(OH)–C–C–N with tert-alkyl or cyclic N) is 1. The molecule has 0 saturated heterocycles. The number of nitrogens with one attached hydrogen (secondary N) is 1. The molecule has 10 heteroatoms. The van der Waals surface area contributed by atoms with Gasteiger partial charge in [0.05, 0.1) is 36.4 Å². The largest absolute Gasteiger partial charge is 0.466 e. The summed E-state index contributed by atoms with van der Waals surface area (Å²) in [5.41, 5.74) is 0.157. The summed E-state index contributed by atoms with van der Waals surface area (Å²) < 4.78 is 5.16. The van der Waals surface area contributed by atoms with E-state index in [-0.39, 0.29) is 42.3 Å². The molecule has 1 aliphatic rings. The zero-order chi connectivity index (χ0) is 17.9. The average molecular weight is 400 g/mol. The normalized spacial score (nSPS) is 14.1. The van der Waals surface area contributed by atoms with Crippen LogP contribution in [-0.2, 0) is 14.3 Å². The van der Waals surface area contributed by atoms with Crippen LogP contribution in [0.5, 0.6) is 0 Å². The molecule has 128 valence electrons. The lowest BCUT2D eigenvalue weighted by atomic mass is 10.2. The molecule has 24 heavy (non-hydrogen) atoms. The predicted octanol–water partition coefficient (Wildman–Crippen LogP) is 1.03. The molecule has 9 nitrogen and oxygen atoms in total. The van der Waals surface area contributed by atoms with Gasteiger partial charge in [0.15, 0.2) is 0 Å². The van der Waals surface area contributed by atoms with E-state index in [2.05, 4.69) is 26.0 Å². The van der Waals surface area contributed by atoms with Crippen molar-refractivity contribution in [2.45, 2.75) is 0 Å². The minimum absolute atomic E-state index is 0.0130. The van der Waals surface area contributed by atoms with Crippen LogP contribution in [0.2, 0.25) is 0 Å². The third kappa shape index (κ3) is 3.54. The Morgan fingerprint density at radius 1 is 1.54 bits per heavy atom. The number of methoxy groups -OCH3 is 1.